The Labute approximate surface area is 126 Å². The van der Waals surface area contributed by atoms with Gasteiger partial charge in [-0.05, 0) is 19.1 Å². The first-order chi connectivity index (χ1) is 10.2. The molecule has 1 aliphatic rings. The van der Waals surface area contributed by atoms with Crippen molar-refractivity contribution in [3.63, 3.8) is 0 Å². The predicted molar refractivity (Wildman–Crippen MR) is 78.8 cm³/mol. The topological polar surface area (TPSA) is 72.1 Å². The normalized spacial score (nSPS) is 15.0. The molecule has 6 nitrogen and oxygen atoms in total. The molecule has 2 aromatic heterocycles. The molecule has 0 atom stereocenters. The van der Waals surface area contributed by atoms with Gasteiger partial charge in [0.15, 0.2) is 5.82 Å². The molecule has 3 rings (SSSR count). The first-order valence-electron chi connectivity index (χ1n) is 6.78. The predicted octanol–water partition coefficient (Wildman–Crippen LogP) is 1.63. The second-order valence-corrected chi connectivity index (χ2v) is 5.96. The zero-order valence-electron chi connectivity index (χ0n) is 11.7. The van der Waals surface area contributed by atoms with E-state index in [0.717, 1.165) is 18.8 Å². The van der Waals surface area contributed by atoms with E-state index >= 15 is 0 Å². The number of thioether (sulfide) groups is 1. The highest BCUT2D eigenvalue weighted by atomic mass is 32.2. The van der Waals surface area contributed by atoms with E-state index in [1.165, 1.54) is 11.8 Å². The number of nitrogens with zero attached hydrogens (tertiary/aromatic N) is 4. The van der Waals surface area contributed by atoms with Crippen molar-refractivity contribution in [2.75, 3.05) is 18.8 Å². The van der Waals surface area contributed by atoms with Crippen molar-refractivity contribution in [3.8, 4) is 0 Å². The van der Waals surface area contributed by atoms with E-state index in [1.54, 1.807) is 13.1 Å². The molecule has 0 aliphatic carbocycles. The third-order valence-corrected chi connectivity index (χ3v) is 4.26. The van der Waals surface area contributed by atoms with Gasteiger partial charge < -0.3 is 9.42 Å². The number of hydrogen-bond acceptors (Lipinski definition) is 6. The maximum absolute atomic E-state index is 12.0. The van der Waals surface area contributed by atoms with E-state index in [9.17, 15) is 4.79 Å². The largest absolute Gasteiger partial charge is 0.341 e. The van der Waals surface area contributed by atoms with E-state index < -0.39 is 0 Å². The summed E-state index contributed by atoms with van der Waals surface area (Å²) < 4.78 is 5.01. The molecular weight excluding hydrogens is 288 g/mol. The number of rotatable bonds is 5. The van der Waals surface area contributed by atoms with Gasteiger partial charge in [-0.3, -0.25) is 9.78 Å². The van der Waals surface area contributed by atoms with Gasteiger partial charge in [0.2, 0.25) is 11.8 Å². The Morgan fingerprint density at radius 2 is 2.33 bits per heavy atom. The Bertz CT molecular complexity index is 610. The highest BCUT2D eigenvalue weighted by Gasteiger charge is 2.32. The average Bonchev–Trinajstić information content (AvgIpc) is 2.84. The van der Waals surface area contributed by atoms with E-state index in [1.807, 2.05) is 23.1 Å². The summed E-state index contributed by atoms with van der Waals surface area (Å²) in [6.07, 6.45) is 1.79. The molecule has 0 N–H and O–H groups in total. The van der Waals surface area contributed by atoms with Crippen LogP contribution in [-0.4, -0.2) is 44.8 Å². The Morgan fingerprint density at radius 1 is 1.48 bits per heavy atom. The second kappa shape index (κ2) is 6.26. The van der Waals surface area contributed by atoms with Crippen LogP contribution in [0.4, 0.5) is 0 Å². The molecule has 0 saturated carbocycles. The molecule has 3 heterocycles. The Balaban J connectivity index is 1.40. The Morgan fingerprint density at radius 3 is 3.00 bits per heavy atom. The molecule has 0 aromatic carbocycles. The van der Waals surface area contributed by atoms with Crippen molar-refractivity contribution >= 4 is 17.7 Å². The molecule has 7 heteroatoms. The molecule has 1 amide bonds. The molecular formula is C14H16N4O2S. The van der Waals surface area contributed by atoms with Crippen LogP contribution < -0.4 is 0 Å². The van der Waals surface area contributed by atoms with Crippen molar-refractivity contribution in [2.24, 2.45) is 0 Å². The molecule has 0 spiro atoms. The first kappa shape index (κ1) is 14.1. The fraction of sp³-hybridized carbons (Fsp3) is 0.429. The summed E-state index contributed by atoms with van der Waals surface area (Å²) in [6, 6.07) is 5.90. The minimum atomic E-state index is 0.156. The summed E-state index contributed by atoms with van der Waals surface area (Å²) >= 11 is 1.50. The van der Waals surface area contributed by atoms with Crippen molar-refractivity contribution in [1.29, 1.82) is 0 Å². The molecule has 1 saturated heterocycles. The van der Waals surface area contributed by atoms with Gasteiger partial charge in [-0.1, -0.05) is 11.2 Å². The molecule has 21 heavy (non-hydrogen) atoms. The van der Waals surface area contributed by atoms with Crippen molar-refractivity contribution < 1.29 is 9.32 Å². The summed E-state index contributed by atoms with van der Waals surface area (Å²) in [5, 5.41) is 3.72. The van der Waals surface area contributed by atoms with Crippen molar-refractivity contribution in [1.82, 2.24) is 20.0 Å². The maximum Gasteiger partial charge on any atom is 0.236 e. The van der Waals surface area contributed by atoms with Crippen LogP contribution >= 0.6 is 11.8 Å². The van der Waals surface area contributed by atoms with Gasteiger partial charge in [0.1, 0.15) is 0 Å². The molecule has 1 aliphatic heterocycles. The second-order valence-electron chi connectivity index (χ2n) is 4.98. The van der Waals surface area contributed by atoms with Gasteiger partial charge in [0.25, 0.3) is 0 Å². The lowest BCUT2D eigenvalue weighted by atomic mass is 9.96. The van der Waals surface area contributed by atoms with E-state index in [0.29, 0.717) is 29.1 Å². The summed E-state index contributed by atoms with van der Waals surface area (Å²) in [6.45, 7) is 3.30. The summed E-state index contributed by atoms with van der Waals surface area (Å²) in [7, 11) is 0. The van der Waals surface area contributed by atoms with Gasteiger partial charge in [0.05, 0.1) is 11.5 Å². The number of likely N-dealkylation sites (tertiary alicyclic amines) is 1. The van der Waals surface area contributed by atoms with Gasteiger partial charge in [-0.15, -0.1) is 11.8 Å². The number of pyridine rings is 1. The van der Waals surface area contributed by atoms with Crippen LogP contribution in [0.5, 0.6) is 0 Å². The minimum Gasteiger partial charge on any atom is -0.341 e. The van der Waals surface area contributed by atoms with Crippen LogP contribution in [0.2, 0.25) is 0 Å². The minimum absolute atomic E-state index is 0.156. The molecule has 0 bridgehead atoms. The maximum atomic E-state index is 12.0. The SMILES string of the molecule is Cc1noc(CSCC(=O)N2CC(c3ccccn3)C2)n1. The lowest BCUT2D eigenvalue weighted by Gasteiger charge is -2.38. The smallest absolute Gasteiger partial charge is 0.236 e. The Kier molecular flexibility index (Phi) is 4.19. The highest BCUT2D eigenvalue weighted by Crippen LogP contribution is 2.26. The van der Waals surface area contributed by atoms with Gasteiger partial charge in [0, 0.05) is 30.9 Å². The monoisotopic (exact) mass is 304 g/mol. The van der Waals surface area contributed by atoms with Crippen LogP contribution in [0.3, 0.4) is 0 Å². The van der Waals surface area contributed by atoms with Gasteiger partial charge >= 0.3 is 0 Å². The number of aryl methyl sites for hydroxylation is 1. The fourth-order valence-electron chi connectivity index (χ4n) is 2.20. The van der Waals surface area contributed by atoms with Crippen LogP contribution in [0.25, 0.3) is 0 Å². The third kappa shape index (κ3) is 3.41. The molecule has 2 aromatic rings. The number of carbonyl (C=O) groups excluding carboxylic acids is 1. The quantitative estimate of drug-likeness (QED) is 0.836. The molecule has 0 radical (unpaired) electrons. The van der Waals surface area contributed by atoms with E-state index in [4.69, 9.17) is 4.52 Å². The lowest BCUT2D eigenvalue weighted by Crippen LogP contribution is -2.49. The third-order valence-electron chi connectivity index (χ3n) is 3.36. The zero-order chi connectivity index (χ0) is 14.7. The average molecular weight is 304 g/mol. The first-order valence-corrected chi connectivity index (χ1v) is 7.93. The summed E-state index contributed by atoms with van der Waals surface area (Å²) in [5.41, 5.74) is 1.07. The van der Waals surface area contributed by atoms with Gasteiger partial charge in [-0.25, -0.2) is 0 Å². The number of aromatic nitrogens is 3. The van der Waals surface area contributed by atoms with Crippen LogP contribution in [0.15, 0.2) is 28.9 Å². The summed E-state index contributed by atoms with van der Waals surface area (Å²) in [5.74, 6) is 2.74. The Hall–Kier alpha value is -1.89. The number of carbonyl (C=O) groups is 1. The fourth-order valence-corrected chi connectivity index (χ4v) is 2.95. The summed E-state index contributed by atoms with van der Waals surface area (Å²) in [4.78, 5) is 22.3. The van der Waals surface area contributed by atoms with Crippen molar-refractivity contribution in [3.05, 3.63) is 41.8 Å². The van der Waals surface area contributed by atoms with Crippen molar-refractivity contribution in [2.45, 2.75) is 18.6 Å². The van der Waals surface area contributed by atoms with Crippen LogP contribution in [-0.2, 0) is 10.5 Å². The van der Waals surface area contributed by atoms with Gasteiger partial charge in [-0.2, -0.15) is 4.98 Å². The van der Waals surface area contributed by atoms with Crippen LogP contribution in [0, 0.1) is 6.92 Å². The standard InChI is InChI=1S/C14H16N4O2S/c1-10-16-13(20-17-10)8-21-9-14(19)18-6-11(7-18)12-4-2-3-5-15-12/h2-5,11H,6-9H2,1H3. The van der Waals surface area contributed by atoms with E-state index in [-0.39, 0.29) is 5.91 Å². The molecule has 1 fully saturated rings. The van der Waals surface area contributed by atoms with Crippen LogP contribution in [0.1, 0.15) is 23.3 Å². The lowest BCUT2D eigenvalue weighted by molar-refractivity contribution is -0.132. The highest BCUT2D eigenvalue weighted by molar-refractivity contribution is 7.99. The number of hydrogen-bond donors (Lipinski definition) is 0. The number of amides is 1. The molecule has 110 valence electrons. The zero-order valence-corrected chi connectivity index (χ0v) is 12.5. The van der Waals surface area contributed by atoms with E-state index in [2.05, 4.69) is 15.1 Å². The molecule has 0 unspecified atom stereocenters.